The number of alkyl halides is 2. The Morgan fingerprint density at radius 2 is 2.10 bits per heavy atom. The summed E-state index contributed by atoms with van der Waals surface area (Å²) in [6.07, 6.45) is 6.04. The number of aromatic nitrogens is 3. The highest BCUT2D eigenvalue weighted by atomic mass is 32.2. The number of carbonyl (C=O) groups excluding carboxylic acids is 1. The molecule has 156 valence electrons. The lowest BCUT2D eigenvalue weighted by Gasteiger charge is -2.20. The summed E-state index contributed by atoms with van der Waals surface area (Å²) < 4.78 is 41.9. The van der Waals surface area contributed by atoms with E-state index in [4.69, 9.17) is 10.1 Å². The zero-order chi connectivity index (χ0) is 21.0. The molecule has 8 nitrogen and oxygen atoms in total. The van der Waals surface area contributed by atoms with Crippen LogP contribution in [0.1, 0.15) is 55.8 Å². The van der Waals surface area contributed by atoms with E-state index >= 15 is 0 Å². The van der Waals surface area contributed by atoms with Crippen molar-refractivity contribution in [3.05, 3.63) is 34.9 Å². The lowest BCUT2D eigenvalue weighted by molar-refractivity contribution is 0.0564. The van der Waals surface area contributed by atoms with Gasteiger partial charge in [0.2, 0.25) is 0 Å². The van der Waals surface area contributed by atoms with Crippen LogP contribution in [0.5, 0.6) is 0 Å². The second-order valence-electron chi connectivity index (χ2n) is 8.00. The average molecular weight is 424 g/mol. The van der Waals surface area contributed by atoms with Crippen molar-refractivity contribution in [2.75, 3.05) is 5.32 Å². The Kier molecular flexibility index (Phi) is 4.69. The average Bonchev–Trinajstić information content (AvgIpc) is 3.34. The fourth-order valence-corrected chi connectivity index (χ4v) is 4.87. The van der Waals surface area contributed by atoms with Gasteiger partial charge in [0.25, 0.3) is 0 Å². The molecule has 2 aliphatic rings. The number of anilines is 1. The molecule has 0 aromatic carbocycles. The van der Waals surface area contributed by atoms with E-state index in [-0.39, 0.29) is 10.3 Å². The monoisotopic (exact) mass is 424 g/mol. The van der Waals surface area contributed by atoms with E-state index in [1.54, 1.807) is 0 Å². The molecule has 3 N–H and O–H groups in total. The van der Waals surface area contributed by atoms with E-state index in [1.807, 2.05) is 0 Å². The molecule has 29 heavy (non-hydrogen) atoms. The van der Waals surface area contributed by atoms with Crippen LogP contribution >= 0.6 is 0 Å². The predicted octanol–water partition coefficient (Wildman–Crippen LogP) is 3.32. The van der Waals surface area contributed by atoms with Gasteiger partial charge >= 0.3 is 12.6 Å². The summed E-state index contributed by atoms with van der Waals surface area (Å²) in [6, 6.07) is -0.880. The van der Waals surface area contributed by atoms with Crippen molar-refractivity contribution in [2.24, 2.45) is 9.50 Å². The molecule has 2 aliphatic carbocycles. The third kappa shape index (κ3) is 3.52. The number of nitrogens with zero attached hydrogens (tertiary/aromatic N) is 4. The van der Waals surface area contributed by atoms with Crippen molar-refractivity contribution in [1.29, 1.82) is 0 Å². The summed E-state index contributed by atoms with van der Waals surface area (Å²) in [5.74, 6) is 0. The van der Waals surface area contributed by atoms with E-state index < -0.39 is 22.5 Å². The second-order valence-corrected chi connectivity index (χ2v) is 9.79. The molecule has 0 saturated heterocycles. The molecular weight excluding hydrogens is 402 g/mol. The Morgan fingerprint density at radius 1 is 1.34 bits per heavy atom. The third-order valence-corrected chi connectivity index (χ3v) is 6.86. The molecule has 2 aromatic heterocycles. The van der Waals surface area contributed by atoms with E-state index in [0.717, 1.165) is 67.0 Å². The molecular formula is C18H22F2N6O2S. The smallest absolute Gasteiger partial charge is 0.305 e. The highest BCUT2D eigenvalue weighted by molar-refractivity contribution is 7.91. The molecule has 2 amide bonds. The number of fused-ring (bicyclic) bond motifs is 2. The minimum atomic E-state index is -3.71. The van der Waals surface area contributed by atoms with E-state index in [2.05, 4.69) is 28.6 Å². The molecule has 4 rings (SSSR count). The van der Waals surface area contributed by atoms with E-state index in [1.165, 1.54) is 0 Å². The SMILES string of the molecule is CC1(C)CCc2c1nc1c(c2NC(=O)N=[S@@](N)(=O)c2cnn(C(F)F)c2)CCC1. The fourth-order valence-electron chi connectivity index (χ4n) is 4.02. The Balaban J connectivity index is 1.69. The summed E-state index contributed by atoms with van der Waals surface area (Å²) in [5, 5.41) is 11.8. The first-order chi connectivity index (χ1) is 13.6. The maximum Gasteiger partial charge on any atom is 0.354 e. The normalized spacial score (nSPS) is 19.0. The first kappa shape index (κ1) is 19.9. The number of halogens is 2. The van der Waals surface area contributed by atoms with Crippen molar-refractivity contribution in [1.82, 2.24) is 14.8 Å². The van der Waals surface area contributed by atoms with Gasteiger partial charge in [-0.25, -0.2) is 18.8 Å². The highest BCUT2D eigenvalue weighted by Gasteiger charge is 2.36. The van der Waals surface area contributed by atoms with Gasteiger partial charge in [-0.3, -0.25) is 4.98 Å². The van der Waals surface area contributed by atoms with Crippen LogP contribution in [-0.4, -0.2) is 25.0 Å². The van der Waals surface area contributed by atoms with Crippen LogP contribution in [0.15, 0.2) is 21.7 Å². The number of aryl methyl sites for hydroxylation is 1. The van der Waals surface area contributed by atoms with Crippen LogP contribution in [0.4, 0.5) is 19.3 Å². The van der Waals surface area contributed by atoms with Crippen LogP contribution in [0, 0.1) is 0 Å². The van der Waals surface area contributed by atoms with Crippen LogP contribution in [0.3, 0.4) is 0 Å². The van der Waals surface area contributed by atoms with Crippen molar-refractivity contribution in [3.8, 4) is 0 Å². The quantitative estimate of drug-likeness (QED) is 0.786. The van der Waals surface area contributed by atoms with Crippen molar-refractivity contribution < 1.29 is 17.8 Å². The number of pyridine rings is 1. The summed E-state index contributed by atoms with van der Waals surface area (Å²) in [7, 11) is -3.71. The van der Waals surface area contributed by atoms with Crippen LogP contribution in [0.2, 0.25) is 0 Å². The molecule has 0 saturated carbocycles. The van der Waals surface area contributed by atoms with Crippen LogP contribution < -0.4 is 10.5 Å². The largest absolute Gasteiger partial charge is 0.354 e. The lowest BCUT2D eigenvalue weighted by atomic mass is 9.90. The summed E-state index contributed by atoms with van der Waals surface area (Å²) in [6.45, 7) is 1.34. The van der Waals surface area contributed by atoms with E-state index in [0.29, 0.717) is 10.4 Å². The molecule has 0 aliphatic heterocycles. The first-order valence-corrected chi connectivity index (χ1v) is 10.9. The molecule has 0 unspecified atom stereocenters. The Morgan fingerprint density at radius 3 is 2.79 bits per heavy atom. The molecule has 0 bridgehead atoms. The fraction of sp³-hybridized carbons (Fsp3) is 0.500. The van der Waals surface area contributed by atoms with Gasteiger partial charge in [0, 0.05) is 17.3 Å². The van der Waals surface area contributed by atoms with Gasteiger partial charge in [0.1, 0.15) is 14.8 Å². The van der Waals surface area contributed by atoms with Crippen molar-refractivity contribution in [3.63, 3.8) is 0 Å². The van der Waals surface area contributed by atoms with Gasteiger partial charge in [-0.15, -0.1) is 4.36 Å². The summed E-state index contributed by atoms with van der Waals surface area (Å²) >= 11 is 0. The summed E-state index contributed by atoms with van der Waals surface area (Å²) in [4.78, 5) is 17.2. The molecule has 0 fully saturated rings. The van der Waals surface area contributed by atoms with Gasteiger partial charge in [0.15, 0.2) is 0 Å². The standard InChI is InChI=1S/C18H22F2N6O2S/c1-18(2)7-6-12-14(11-4-3-5-13(11)23-15(12)18)24-17(27)25-29(21,28)10-8-22-26(9-10)16(19)20/h8-9,16H,3-7H2,1-2H3,(H3,21,23,24,25,27,28)/t29-/m1/s1. The van der Waals surface area contributed by atoms with Crippen LogP contribution in [-0.2, 0) is 34.6 Å². The number of hydrogen-bond acceptors (Lipinski definition) is 4. The number of urea groups is 1. The Hall–Kier alpha value is -2.40. The number of amides is 2. The van der Waals surface area contributed by atoms with Crippen molar-refractivity contribution >= 4 is 21.6 Å². The molecule has 0 radical (unpaired) electrons. The minimum Gasteiger partial charge on any atom is -0.305 e. The zero-order valence-electron chi connectivity index (χ0n) is 16.1. The number of nitrogens with two attached hydrogens (primary N) is 1. The number of hydrogen-bond donors (Lipinski definition) is 2. The molecule has 2 aromatic rings. The van der Waals surface area contributed by atoms with Gasteiger partial charge in [-0.2, -0.15) is 13.9 Å². The third-order valence-electron chi connectivity index (χ3n) is 5.53. The maximum atomic E-state index is 12.7. The van der Waals surface area contributed by atoms with Gasteiger partial charge in [-0.1, -0.05) is 13.8 Å². The molecule has 2 heterocycles. The maximum absolute atomic E-state index is 12.7. The number of carbonyl (C=O) groups is 1. The van der Waals surface area contributed by atoms with E-state index in [9.17, 15) is 17.8 Å². The molecule has 1 atom stereocenters. The zero-order valence-corrected chi connectivity index (χ0v) is 16.9. The summed E-state index contributed by atoms with van der Waals surface area (Å²) in [5.41, 5.74) is 4.50. The first-order valence-electron chi connectivity index (χ1n) is 9.32. The van der Waals surface area contributed by atoms with Gasteiger partial charge < -0.3 is 5.32 Å². The number of nitrogens with one attached hydrogen (secondary N) is 1. The topological polar surface area (TPSA) is 115 Å². The Labute approximate surface area is 167 Å². The van der Waals surface area contributed by atoms with Crippen LogP contribution in [0.25, 0.3) is 0 Å². The predicted molar refractivity (Wildman–Crippen MR) is 103 cm³/mol. The van der Waals surface area contributed by atoms with Crippen molar-refractivity contribution in [2.45, 2.75) is 62.8 Å². The Bertz CT molecular complexity index is 1120. The van der Waals surface area contributed by atoms with Gasteiger partial charge in [-0.05, 0) is 43.2 Å². The minimum absolute atomic E-state index is 0.0885. The molecule has 11 heteroatoms. The second kappa shape index (κ2) is 6.84. The van der Waals surface area contributed by atoms with Gasteiger partial charge in [0.05, 0.1) is 17.6 Å². The molecule has 0 spiro atoms. The highest BCUT2D eigenvalue weighted by Crippen LogP contribution is 2.44. The lowest BCUT2D eigenvalue weighted by Crippen LogP contribution is -2.20. The number of rotatable bonds is 3.